The minimum atomic E-state index is -0.192. The Morgan fingerprint density at radius 3 is 2.94 bits per heavy atom. The van der Waals surface area contributed by atoms with Crippen molar-refractivity contribution in [2.24, 2.45) is 0 Å². The van der Waals surface area contributed by atoms with Crippen LogP contribution in [0.25, 0.3) is 0 Å². The quantitative estimate of drug-likeness (QED) is 0.827. The topological polar surface area (TPSA) is 49.8 Å². The molecule has 1 aromatic carbocycles. The minimum Gasteiger partial charge on any atom is -0.394 e. The smallest absolute Gasteiger partial charge is 0.233 e. The van der Waals surface area contributed by atoms with Gasteiger partial charge in [0.05, 0.1) is 31.6 Å². The number of hydrogen-bond donors (Lipinski definition) is 1. The number of benzene rings is 1. The summed E-state index contributed by atoms with van der Waals surface area (Å²) >= 11 is 1.52. The van der Waals surface area contributed by atoms with E-state index in [0.29, 0.717) is 25.5 Å². The summed E-state index contributed by atoms with van der Waals surface area (Å²) in [5, 5.41) is 9.21. The molecular formula is C13H17NO3S. The molecule has 1 unspecified atom stereocenters. The highest BCUT2D eigenvalue weighted by atomic mass is 32.2. The maximum Gasteiger partial charge on any atom is 0.233 e. The van der Waals surface area contributed by atoms with E-state index in [0.717, 1.165) is 4.90 Å². The first-order valence-corrected chi connectivity index (χ1v) is 6.95. The predicted octanol–water partition coefficient (Wildman–Crippen LogP) is 0.998. The molecule has 0 radical (unpaired) electrons. The van der Waals surface area contributed by atoms with Crippen molar-refractivity contribution in [1.82, 2.24) is 4.90 Å². The lowest BCUT2D eigenvalue weighted by Gasteiger charge is -2.34. The Morgan fingerprint density at radius 2 is 2.22 bits per heavy atom. The van der Waals surface area contributed by atoms with E-state index in [4.69, 9.17) is 4.74 Å². The van der Waals surface area contributed by atoms with Crippen molar-refractivity contribution in [2.75, 3.05) is 32.1 Å². The molecule has 1 atom stereocenters. The third-order valence-corrected chi connectivity index (χ3v) is 3.86. The number of aliphatic hydroxyl groups is 1. The first kappa shape index (κ1) is 13.4. The molecule has 0 aliphatic carbocycles. The van der Waals surface area contributed by atoms with Crippen LogP contribution in [0, 0.1) is 0 Å². The van der Waals surface area contributed by atoms with Gasteiger partial charge in [0.2, 0.25) is 5.91 Å². The Balaban J connectivity index is 1.87. The van der Waals surface area contributed by atoms with Crippen LogP contribution in [0.3, 0.4) is 0 Å². The fraction of sp³-hybridized carbons (Fsp3) is 0.462. The molecule has 1 aliphatic heterocycles. The molecule has 0 aromatic heterocycles. The summed E-state index contributed by atoms with van der Waals surface area (Å²) < 4.78 is 5.26. The summed E-state index contributed by atoms with van der Waals surface area (Å²) in [5.41, 5.74) is 0. The predicted molar refractivity (Wildman–Crippen MR) is 70.6 cm³/mol. The van der Waals surface area contributed by atoms with Crippen molar-refractivity contribution in [3.63, 3.8) is 0 Å². The van der Waals surface area contributed by atoms with E-state index in [2.05, 4.69) is 0 Å². The zero-order valence-corrected chi connectivity index (χ0v) is 10.9. The van der Waals surface area contributed by atoms with Gasteiger partial charge in [0.25, 0.3) is 0 Å². The van der Waals surface area contributed by atoms with Crippen molar-refractivity contribution < 1.29 is 14.6 Å². The molecule has 1 fully saturated rings. The molecule has 0 saturated carbocycles. The fourth-order valence-corrected chi connectivity index (χ4v) is 2.68. The molecule has 4 nitrogen and oxygen atoms in total. The van der Waals surface area contributed by atoms with Crippen LogP contribution in [0.15, 0.2) is 35.2 Å². The van der Waals surface area contributed by atoms with Crippen LogP contribution in [0.4, 0.5) is 0 Å². The molecule has 2 rings (SSSR count). The average Bonchev–Trinajstić information content (AvgIpc) is 2.45. The maximum absolute atomic E-state index is 12.1. The molecule has 1 N–H and O–H groups in total. The van der Waals surface area contributed by atoms with Gasteiger partial charge in [-0.1, -0.05) is 18.2 Å². The molecule has 0 bridgehead atoms. The number of carbonyl (C=O) groups is 1. The third-order valence-electron chi connectivity index (χ3n) is 2.86. The van der Waals surface area contributed by atoms with E-state index in [9.17, 15) is 9.90 Å². The van der Waals surface area contributed by atoms with Gasteiger partial charge in [-0.25, -0.2) is 0 Å². The van der Waals surface area contributed by atoms with Gasteiger partial charge in [0.1, 0.15) is 0 Å². The molecule has 1 amide bonds. The highest BCUT2D eigenvalue weighted by Crippen LogP contribution is 2.18. The van der Waals surface area contributed by atoms with Crippen LogP contribution >= 0.6 is 11.8 Å². The maximum atomic E-state index is 12.1. The van der Waals surface area contributed by atoms with E-state index in [1.54, 1.807) is 4.90 Å². The van der Waals surface area contributed by atoms with Crippen LogP contribution < -0.4 is 0 Å². The van der Waals surface area contributed by atoms with Crippen LogP contribution in [-0.2, 0) is 9.53 Å². The minimum absolute atomic E-state index is 0.0399. The molecular weight excluding hydrogens is 250 g/mol. The van der Waals surface area contributed by atoms with E-state index in [-0.39, 0.29) is 18.6 Å². The first-order valence-electron chi connectivity index (χ1n) is 5.97. The van der Waals surface area contributed by atoms with Crippen molar-refractivity contribution in [1.29, 1.82) is 0 Å². The summed E-state index contributed by atoms with van der Waals surface area (Å²) in [6, 6.07) is 9.65. The van der Waals surface area contributed by atoms with E-state index < -0.39 is 0 Å². The Kier molecular flexibility index (Phi) is 5.04. The number of nitrogens with zero attached hydrogens (tertiary/aromatic N) is 1. The molecule has 1 heterocycles. The first-order chi connectivity index (χ1) is 8.81. The summed E-state index contributed by atoms with van der Waals surface area (Å²) in [6.07, 6.45) is 0. The van der Waals surface area contributed by atoms with E-state index >= 15 is 0 Å². The lowest BCUT2D eigenvalue weighted by molar-refractivity contribution is -0.138. The number of ether oxygens (including phenoxy) is 1. The zero-order valence-electron chi connectivity index (χ0n) is 10.1. The van der Waals surface area contributed by atoms with Gasteiger partial charge >= 0.3 is 0 Å². The van der Waals surface area contributed by atoms with Crippen molar-refractivity contribution in [3.8, 4) is 0 Å². The largest absolute Gasteiger partial charge is 0.394 e. The molecule has 1 aromatic rings. The second-order valence-electron chi connectivity index (χ2n) is 4.10. The second-order valence-corrected chi connectivity index (χ2v) is 5.15. The molecule has 1 saturated heterocycles. The lowest BCUT2D eigenvalue weighted by atomic mass is 10.2. The third kappa shape index (κ3) is 3.48. The monoisotopic (exact) mass is 267 g/mol. The van der Waals surface area contributed by atoms with Gasteiger partial charge in [-0.15, -0.1) is 11.8 Å². The number of aliphatic hydroxyl groups excluding tert-OH is 1. The highest BCUT2D eigenvalue weighted by Gasteiger charge is 2.26. The number of morpholine rings is 1. The Bertz CT molecular complexity index is 385. The number of hydrogen-bond acceptors (Lipinski definition) is 4. The Morgan fingerprint density at radius 1 is 1.44 bits per heavy atom. The molecule has 0 spiro atoms. The SMILES string of the molecule is O=C(CSc1ccccc1)N1CCOCC1CO. The van der Waals surface area contributed by atoms with Gasteiger partial charge in [-0.3, -0.25) is 4.79 Å². The fourth-order valence-electron chi connectivity index (χ4n) is 1.88. The van der Waals surface area contributed by atoms with Gasteiger partial charge < -0.3 is 14.7 Å². The van der Waals surface area contributed by atoms with Crippen LogP contribution in [0.5, 0.6) is 0 Å². The normalized spacial score (nSPS) is 19.8. The van der Waals surface area contributed by atoms with Gasteiger partial charge in [-0.2, -0.15) is 0 Å². The Hall–Kier alpha value is -1.04. The zero-order chi connectivity index (χ0) is 12.8. The van der Waals surface area contributed by atoms with Crippen molar-refractivity contribution in [2.45, 2.75) is 10.9 Å². The number of amides is 1. The van der Waals surface area contributed by atoms with E-state index in [1.165, 1.54) is 11.8 Å². The van der Waals surface area contributed by atoms with Crippen molar-refractivity contribution in [3.05, 3.63) is 30.3 Å². The second kappa shape index (κ2) is 6.78. The van der Waals surface area contributed by atoms with Crippen molar-refractivity contribution >= 4 is 17.7 Å². The van der Waals surface area contributed by atoms with E-state index in [1.807, 2.05) is 30.3 Å². The van der Waals surface area contributed by atoms with Crippen LogP contribution in [0.2, 0.25) is 0 Å². The molecule has 18 heavy (non-hydrogen) atoms. The Labute approximate surface area is 111 Å². The summed E-state index contributed by atoms with van der Waals surface area (Å²) in [7, 11) is 0. The highest BCUT2D eigenvalue weighted by molar-refractivity contribution is 8.00. The average molecular weight is 267 g/mol. The summed E-state index contributed by atoms with van der Waals surface area (Å²) in [6.45, 7) is 1.51. The number of thioether (sulfide) groups is 1. The summed E-state index contributed by atoms with van der Waals surface area (Å²) in [4.78, 5) is 14.9. The number of carbonyl (C=O) groups excluding carboxylic acids is 1. The summed E-state index contributed by atoms with van der Waals surface area (Å²) in [5.74, 6) is 0.465. The number of rotatable bonds is 4. The van der Waals surface area contributed by atoms with Crippen LogP contribution in [0.1, 0.15) is 0 Å². The van der Waals surface area contributed by atoms with Gasteiger partial charge in [0.15, 0.2) is 0 Å². The van der Waals surface area contributed by atoms with Gasteiger partial charge in [0, 0.05) is 11.4 Å². The molecule has 5 heteroatoms. The van der Waals surface area contributed by atoms with Crippen LogP contribution in [-0.4, -0.2) is 54.1 Å². The van der Waals surface area contributed by atoms with Gasteiger partial charge in [-0.05, 0) is 12.1 Å². The lowest BCUT2D eigenvalue weighted by Crippen LogP contribution is -2.51. The molecule has 1 aliphatic rings. The standard InChI is InChI=1S/C13H17NO3S/c15-8-11-9-17-7-6-14(11)13(16)10-18-12-4-2-1-3-5-12/h1-5,11,15H,6-10H2. The molecule has 98 valence electrons.